The van der Waals surface area contributed by atoms with Gasteiger partial charge >= 0.3 is 0 Å². The van der Waals surface area contributed by atoms with Crippen molar-refractivity contribution in [1.82, 2.24) is 0 Å². The van der Waals surface area contributed by atoms with Crippen molar-refractivity contribution in [2.75, 3.05) is 6.61 Å². The van der Waals surface area contributed by atoms with E-state index in [0.717, 1.165) is 5.56 Å². The van der Waals surface area contributed by atoms with Crippen molar-refractivity contribution in [3.63, 3.8) is 0 Å². The molecule has 15 heavy (non-hydrogen) atoms. The molecule has 0 unspecified atom stereocenters. The molecule has 3 nitrogen and oxygen atoms in total. The topological polar surface area (TPSA) is 41.8 Å². The second-order valence-corrected chi connectivity index (χ2v) is 4.11. The zero-order valence-corrected chi connectivity index (χ0v) is 8.97. The highest BCUT2D eigenvalue weighted by atomic mass is 16.5. The summed E-state index contributed by atoms with van der Waals surface area (Å²) < 4.78 is 5.51. The average Bonchev–Trinajstić information content (AvgIpc) is 2.66. The molecule has 1 aromatic carbocycles. The van der Waals surface area contributed by atoms with Crippen LogP contribution in [0.2, 0.25) is 0 Å². The summed E-state index contributed by atoms with van der Waals surface area (Å²) in [5, 5.41) is 9.34. The lowest BCUT2D eigenvalue weighted by Gasteiger charge is -2.06. The van der Waals surface area contributed by atoms with E-state index in [1.807, 2.05) is 6.07 Å². The molecule has 80 valence electrons. The van der Waals surface area contributed by atoms with Gasteiger partial charge in [0.1, 0.15) is 12.4 Å². The fraction of sp³-hybridized carbons (Fsp3) is 0.417. The first-order chi connectivity index (χ1) is 7.16. The Labute approximate surface area is 89.4 Å². The molecule has 0 amide bonds. The van der Waals surface area contributed by atoms with E-state index in [4.69, 9.17) is 4.74 Å². The second kappa shape index (κ2) is 3.93. The number of nitrogens with zero attached hydrogens (tertiary/aromatic N) is 1. The minimum atomic E-state index is 0.238. The summed E-state index contributed by atoms with van der Waals surface area (Å²) in [6.45, 7) is 4.90. The van der Waals surface area contributed by atoms with Crippen LogP contribution in [-0.4, -0.2) is 23.7 Å². The summed E-state index contributed by atoms with van der Waals surface area (Å²) in [6.07, 6.45) is 0. The lowest BCUT2D eigenvalue weighted by molar-refractivity contribution is 0.292. The first kappa shape index (κ1) is 10.0. The largest absolute Gasteiger partial charge is 0.508 e. The molecule has 1 N–H and O–H groups in total. The molecule has 0 fully saturated rings. The molecule has 0 bridgehead atoms. The van der Waals surface area contributed by atoms with Crippen LogP contribution in [0.3, 0.4) is 0 Å². The van der Waals surface area contributed by atoms with Crippen LogP contribution >= 0.6 is 0 Å². The number of rotatable bonds is 2. The first-order valence-electron chi connectivity index (χ1n) is 5.17. The molecule has 0 saturated heterocycles. The van der Waals surface area contributed by atoms with Crippen molar-refractivity contribution in [2.24, 2.45) is 10.9 Å². The third kappa shape index (κ3) is 2.12. The van der Waals surface area contributed by atoms with E-state index >= 15 is 0 Å². The van der Waals surface area contributed by atoms with Crippen molar-refractivity contribution in [2.45, 2.75) is 19.9 Å². The molecule has 1 aliphatic heterocycles. The van der Waals surface area contributed by atoms with Crippen molar-refractivity contribution >= 4 is 5.90 Å². The lowest BCUT2D eigenvalue weighted by atomic mass is 10.1. The van der Waals surface area contributed by atoms with Crippen LogP contribution < -0.4 is 0 Å². The number of aromatic hydroxyl groups is 1. The highest BCUT2D eigenvalue weighted by Crippen LogP contribution is 2.19. The summed E-state index contributed by atoms with van der Waals surface area (Å²) in [5.74, 6) is 1.37. The van der Waals surface area contributed by atoms with Gasteiger partial charge in [0.2, 0.25) is 5.90 Å². The quantitative estimate of drug-likeness (QED) is 0.804. The SMILES string of the molecule is CC(C)[C@H]1COC(c2cccc(O)c2)=N1. The Balaban J connectivity index is 2.22. The molecule has 0 aliphatic carbocycles. The van der Waals surface area contributed by atoms with Gasteiger partial charge in [-0.1, -0.05) is 19.9 Å². The van der Waals surface area contributed by atoms with E-state index in [-0.39, 0.29) is 11.8 Å². The Morgan fingerprint density at radius 3 is 2.87 bits per heavy atom. The predicted octanol–water partition coefficient (Wildman–Crippen LogP) is 2.19. The van der Waals surface area contributed by atoms with Gasteiger partial charge in [0.05, 0.1) is 6.04 Å². The van der Waals surface area contributed by atoms with Crippen molar-refractivity contribution in [3.8, 4) is 5.75 Å². The highest BCUT2D eigenvalue weighted by molar-refractivity contribution is 5.95. The number of hydrogen-bond donors (Lipinski definition) is 1. The standard InChI is InChI=1S/C12H15NO2/c1-8(2)11-7-15-12(13-11)9-4-3-5-10(14)6-9/h3-6,8,11,14H,7H2,1-2H3/t11-/m1/s1. The van der Waals surface area contributed by atoms with E-state index in [9.17, 15) is 5.11 Å². The van der Waals surface area contributed by atoms with Crippen LogP contribution in [0.5, 0.6) is 5.75 Å². The number of aliphatic imine (C=N–C) groups is 1. The minimum absolute atomic E-state index is 0.238. The number of phenolic OH excluding ortho intramolecular Hbond substituents is 1. The van der Waals surface area contributed by atoms with Gasteiger partial charge < -0.3 is 9.84 Å². The Kier molecular flexibility index (Phi) is 2.62. The molecule has 1 atom stereocenters. The maximum absolute atomic E-state index is 9.34. The fourth-order valence-electron chi connectivity index (χ4n) is 1.53. The van der Waals surface area contributed by atoms with E-state index in [1.165, 1.54) is 0 Å². The summed E-state index contributed by atoms with van der Waals surface area (Å²) in [5.41, 5.74) is 0.846. The summed E-state index contributed by atoms with van der Waals surface area (Å²) in [6, 6.07) is 7.23. The van der Waals surface area contributed by atoms with Crippen molar-refractivity contribution in [1.29, 1.82) is 0 Å². The Morgan fingerprint density at radius 2 is 2.27 bits per heavy atom. The van der Waals surface area contributed by atoms with Gasteiger partial charge in [-0.2, -0.15) is 0 Å². The predicted molar refractivity (Wildman–Crippen MR) is 59.2 cm³/mol. The Bertz CT molecular complexity index is 385. The fourth-order valence-corrected chi connectivity index (χ4v) is 1.53. The van der Waals surface area contributed by atoms with Crippen LogP contribution in [0, 0.1) is 5.92 Å². The van der Waals surface area contributed by atoms with Gasteiger partial charge in [0.15, 0.2) is 0 Å². The van der Waals surface area contributed by atoms with Crippen LogP contribution in [0.25, 0.3) is 0 Å². The molecule has 1 heterocycles. The smallest absolute Gasteiger partial charge is 0.216 e. The average molecular weight is 205 g/mol. The van der Waals surface area contributed by atoms with Gasteiger partial charge in [0.25, 0.3) is 0 Å². The van der Waals surface area contributed by atoms with Gasteiger partial charge in [-0.3, -0.25) is 0 Å². The summed E-state index contributed by atoms with van der Waals surface area (Å²) in [7, 11) is 0. The monoisotopic (exact) mass is 205 g/mol. The number of hydrogen-bond acceptors (Lipinski definition) is 3. The molecule has 0 spiro atoms. The number of ether oxygens (including phenoxy) is 1. The second-order valence-electron chi connectivity index (χ2n) is 4.11. The van der Waals surface area contributed by atoms with E-state index < -0.39 is 0 Å². The molecule has 0 radical (unpaired) electrons. The molecule has 3 heteroatoms. The molecule has 2 rings (SSSR count). The van der Waals surface area contributed by atoms with Crippen molar-refractivity contribution in [3.05, 3.63) is 29.8 Å². The zero-order valence-electron chi connectivity index (χ0n) is 8.97. The Morgan fingerprint density at radius 1 is 1.47 bits per heavy atom. The van der Waals surface area contributed by atoms with Gasteiger partial charge in [-0.05, 0) is 24.1 Å². The molecule has 0 saturated carbocycles. The normalized spacial score (nSPS) is 20.2. The summed E-state index contributed by atoms with van der Waals surface area (Å²) >= 11 is 0. The third-order valence-corrected chi connectivity index (χ3v) is 2.54. The first-order valence-corrected chi connectivity index (χ1v) is 5.17. The van der Waals surface area contributed by atoms with Crippen LogP contribution in [0.1, 0.15) is 19.4 Å². The summed E-state index contributed by atoms with van der Waals surface area (Å²) in [4.78, 5) is 4.48. The van der Waals surface area contributed by atoms with Gasteiger partial charge in [0, 0.05) is 5.56 Å². The van der Waals surface area contributed by atoms with E-state index in [0.29, 0.717) is 18.4 Å². The lowest BCUT2D eigenvalue weighted by Crippen LogP contribution is -2.13. The van der Waals surface area contributed by atoms with Crippen LogP contribution in [0.4, 0.5) is 0 Å². The molecule has 1 aliphatic rings. The van der Waals surface area contributed by atoms with Crippen molar-refractivity contribution < 1.29 is 9.84 Å². The van der Waals surface area contributed by atoms with Crippen LogP contribution in [-0.2, 0) is 4.74 Å². The zero-order chi connectivity index (χ0) is 10.8. The van der Waals surface area contributed by atoms with Crippen LogP contribution in [0.15, 0.2) is 29.3 Å². The molecule has 0 aromatic heterocycles. The molecular weight excluding hydrogens is 190 g/mol. The van der Waals surface area contributed by atoms with Gasteiger partial charge in [-0.15, -0.1) is 0 Å². The Hall–Kier alpha value is -1.51. The van der Waals surface area contributed by atoms with Gasteiger partial charge in [-0.25, -0.2) is 4.99 Å². The molecule has 1 aromatic rings. The maximum Gasteiger partial charge on any atom is 0.216 e. The van der Waals surface area contributed by atoms with E-state index in [2.05, 4.69) is 18.8 Å². The highest BCUT2D eigenvalue weighted by Gasteiger charge is 2.22. The van der Waals surface area contributed by atoms with E-state index in [1.54, 1.807) is 18.2 Å². The minimum Gasteiger partial charge on any atom is -0.508 e. The number of benzene rings is 1. The number of phenols is 1. The maximum atomic E-state index is 9.34. The molecular formula is C12H15NO2. The third-order valence-electron chi connectivity index (χ3n) is 2.54.